The number of aromatic nitrogens is 1. The molecule has 1 fully saturated rings. The number of methoxy groups -OCH3 is 2. The molecule has 2 aromatic rings. The highest BCUT2D eigenvalue weighted by Gasteiger charge is 2.47. The number of hydrogen-bond acceptors (Lipinski definition) is 7. The molecule has 4 rings (SSSR count). The molecular weight excluding hydrogens is 396 g/mol. The van der Waals surface area contributed by atoms with E-state index in [1.807, 2.05) is 12.1 Å². The van der Waals surface area contributed by atoms with E-state index in [0.29, 0.717) is 29.6 Å². The van der Waals surface area contributed by atoms with Crippen LogP contribution in [0.25, 0.3) is 0 Å². The molecule has 1 saturated heterocycles. The first-order valence-corrected chi connectivity index (χ1v) is 9.95. The van der Waals surface area contributed by atoms with Gasteiger partial charge in [0.15, 0.2) is 16.6 Å². The van der Waals surface area contributed by atoms with E-state index >= 15 is 0 Å². The van der Waals surface area contributed by atoms with E-state index in [1.165, 1.54) is 11.3 Å². The third-order valence-corrected chi connectivity index (χ3v) is 5.79. The zero-order valence-corrected chi connectivity index (χ0v) is 16.8. The SMILES string of the molecule is COc1cc2c(cc1OC)CN1C(=O)N(CCC(=O)Nc3nccs3)C(=O)[C@@H]1C2. The second kappa shape index (κ2) is 7.70. The number of nitrogens with zero attached hydrogens (tertiary/aromatic N) is 3. The average molecular weight is 416 g/mol. The topological polar surface area (TPSA) is 101 Å². The van der Waals surface area contributed by atoms with Crippen LogP contribution in [0.4, 0.5) is 9.93 Å². The second-order valence-electron chi connectivity index (χ2n) is 6.73. The molecule has 10 heteroatoms. The molecule has 1 aromatic heterocycles. The van der Waals surface area contributed by atoms with Crippen LogP contribution in [0.1, 0.15) is 17.5 Å². The summed E-state index contributed by atoms with van der Waals surface area (Å²) in [5.41, 5.74) is 1.87. The van der Waals surface area contributed by atoms with Crippen molar-refractivity contribution in [1.29, 1.82) is 0 Å². The zero-order valence-electron chi connectivity index (χ0n) is 16.0. The summed E-state index contributed by atoms with van der Waals surface area (Å²) in [4.78, 5) is 44.4. The van der Waals surface area contributed by atoms with E-state index in [9.17, 15) is 14.4 Å². The Balaban J connectivity index is 1.46. The Hall–Kier alpha value is -3.14. The van der Waals surface area contributed by atoms with Crippen LogP contribution in [-0.2, 0) is 22.6 Å². The number of carbonyl (C=O) groups excluding carboxylic acids is 3. The summed E-state index contributed by atoms with van der Waals surface area (Å²) in [6, 6.07) is 2.76. The van der Waals surface area contributed by atoms with Crippen molar-refractivity contribution in [3.05, 3.63) is 34.8 Å². The largest absolute Gasteiger partial charge is 0.493 e. The number of urea groups is 1. The first-order valence-electron chi connectivity index (χ1n) is 9.07. The van der Waals surface area contributed by atoms with Crippen molar-refractivity contribution in [2.24, 2.45) is 0 Å². The van der Waals surface area contributed by atoms with Gasteiger partial charge in [-0.05, 0) is 23.3 Å². The molecule has 1 atom stereocenters. The Morgan fingerprint density at radius 1 is 1.24 bits per heavy atom. The van der Waals surface area contributed by atoms with Crippen LogP contribution in [0.15, 0.2) is 23.7 Å². The number of ether oxygens (including phenoxy) is 2. The molecule has 0 spiro atoms. The third kappa shape index (κ3) is 3.51. The lowest BCUT2D eigenvalue weighted by atomic mass is 9.94. The summed E-state index contributed by atoms with van der Waals surface area (Å²) in [5.74, 6) is 0.603. The number of nitrogens with one attached hydrogen (secondary N) is 1. The van der Waals surface area contributed by atoms with Gasteiger partial charge in [-0.2, -0.15) is 0 Å². The van der Waals surface area contributed by atoms with Crippen molar-refractivity contribution in [1.82, 2.24) is 14.8 Å². The maximum atomic E-state index is 12.8. The van der Waals surface area contributed by atoms with Crippen LogP contribution >= 0.6 is 11.3 Å². The van der Waals surface area contributed by atoms with Gasteiger partial charge in [0.25, 0.3) is 5.91 Å². The molecule has 4 amide bonds. The number of anilines is 1. The molecule has 152 valence electrons. The van der Waals surface area contributed by atoms with Crippen LogP contribution in [0.5, 0.6) is 11.5 Å². The fraction of sp³-hybridized carbons (Fsp3) is 0.368. The summed E-state index contributed by atoms with van der Waals surface area (Å²) < 4.78 is 10.7. The molecule has 29 heavy (non-hydrogen) atoms. The predicted molar refractivity (Wildman–Crippen MR) is 105 cm³/mol. The highest BCUT2D eigenvalue weighted by molar-refractivity contribution is 7.13. The number of fused-ring (bicyclic) bond motifs is 2. The fourth-order valence-corrected chi connectivity index (χ4v) is 4.19. The van der Waals surface area contributed by atoms with Gasteiger partial charge in [-0.15, -0.1) is 11.3 Å². The molecule has 1 N–H and O–H groups in total. The Morgan fingerprint density at radius 3 is 2.62 bits per heavy atom. The van der Waals surface area contributed by atoms with Gasteiger partial charge < -0.3 is 19.7 Å². The summed E-state index contributed by atoms with van der Waals surface area (Å²) in [5, 5.41) is 4.90. The van der Waals surface area contributed by atoms with Crippen LogP contribution in [0.2, 0.25) is 0 Å². The number of thiazole rings is 1. The van der Waals surface area contributed by atoms with Gasteiger partial charge in [0.05, 0.1) is 14.2 Å². The number of rotatable bonds is 6. The minimum Gasteiger partial charge on any atom is -0.493 e. The first-order chi connectivity index (χ1) is 14.0. The molecule has 3 heterocycles. The van der Waals surface area contributed by atoms with E-state index in [1.54, 1.807) is 30.7 Å². The van der Waals surface area contributed by atoms with Gasteiger partial charge in [-0.3, -0.25) is 14.5 Å². The molecule has 9 nitrogen and oxygen atoms in total. The van der Waals surface area contributed by atoms with Crippen LogP contribution in [0.3, 0.4) is 0 Å². The highest BCUT2D eigenvalue weighted by atomic mass is 32.1. The van der Waals surface area contributed by atoms with E-state index in [0.717, 1.165) is 16.0 Å². The van der Waals surface area contributed by atoms with Crippen molar-refractivity contribution in [2.75, 3.05) is 26.1 Å². The van der Waals surface area contributed by atoms with Gasteiger partial charge in [0, 0.05) is 37.5 Å². The van der Waals surface area contributed by atoms with Crippen molar-refractivity contribution in [2.45, 2.75) is 25.4 Å². The third-order valence-electron chi connectivity index (χ3n) is 5.10. The molecular formula is C19H20N4O5S. The number of imide groups is 1. The van der Waals surface area contributed by atoms with Crippen LogP contribution in [0, 0.1) is 0 Å². The van der Waals surface area contributed by atoms with Crippen LogP contribution in [-0.4, -0.2) is 59.4 Å². The first kappa shape index (κ1) is 19.2. The van der Waals surface area contributed by atoms with Gasteiger partial charge >= 0.3 is 6.03 Å². The number of amides is 4. The fourth-order valence-electron chi connectivity index (χ4n) is 3.65. The predicted octanol–water partition coefficient (Wildman–Crippen LogP) is 1.88. The quantitative estimate of drug-likeness (QED) is 0.722. The minimum atomic E-state index is -0.560. The maximum absolute atomic E-state index is 12.8. The normalized spacial score (nSPS) is 17.8. The van der Waals surface area contributed by atoms with E-state index in [2.05, 4.69) is 10.3 Å². The highest BCUT2D eigenvalue weighted by Crippen LogP contribution is 2.37. The van der Waals surface area contributed by atoms with E-state index in [4.69, 9.17) is 9.47 Å². The Labute approximate surface area is 171 Å². The summed E-state index contributed by atoms with van der Waals surface area (Å²) in [6.07, 6.45) is 2.02. The summed E-state index contributed by atoms with van der Waals surface area (Å²) in [6.45, 7) is 0.345. The minimum absolute atomic E-state index is 0.0201. The molecule has 0 unspecified atom stereocenters. The molecule has 0 bridgehead atoms. The molecule has 0 aliphatic carbocycles. The standard InChI is InChI=1S/C19H20N4O5S/c1-27-14-8-11-7-13-17(25)22(5-3-16(24)21-18-20-4-6-29-18)19(26)23(13)10-12(11)9-15(14)28-2/h4,6,8-9,13H,3,5,7,10H2,1-2H3,(H,20,21,24)/t13-/m0/s1. The zero-order chi connectivity index (χ0) is 20.5. The molecule has 2 aliphatic rings. The Morgan fingerprint density at radius 2 is 1.97 bits per heavy atom. The average Bonchev–Trinajstić information content (AvgIpc) is 3.31. The van der Waals surface area contributed by atoms with E-state index < -0.39 is 6.04 Å². The van der Waals surface area contributed by atoms with Crippen LogP contribution < -0.4 is 14.8 Å². The maximum Gasteiger partial charge on any atom is 0.327 e. The summed E-state index contributed by atoms with van der Waals surface area (Å²) >= 11 is 1.31. The number of hydrogen-bond donors (Lipinski definition) is 1. The molecule has 0 saturated carbocycles. The molecule has 0 radical (unpaired) electrons. The van der Waals surface area contributed by atoms with Crippen molar-refractivity contribution in [3.8, 4) is 11.5 Å². The van der Waals surface area contributed by atoms with Gasteiger partial charge in [-0.25, -0.2) is 9.78 Å². The molecule has 2 aliphatic heterocycles. The number of carbonyl (C=O) groups is 3. The van der Waals surface area contributed by atoms with E-state index in [-0.39, 0.29) is 30.8 Å². The number of benzene rings is 1. The second-order valence-corrected chi connectivity index (χ2v) is 7.63. The van der Waals surface area contributed by atoms with Crippen molar-refractivity contribution < 1.29 is 23.9 Å². The lowest BCUT2D eigenvalue weighted by Gasteiger charge is -2.29. The lowest BCUT2D eigenvalue weighted by Crippen LogP contribution is -2.40. The van der Waals surface area contributed by atoms with Gasteiger partial charge in [0.2, 0.25) is 5.91 Å². The Bertz CT molecular complexity index is 911. The van der Waals surface area contributed by atoms with Gasteiger partial charge in [0.1, 0.15) is 6.04 Å². The Kier molecular flexibility index (Phi) is 5.10. The monoisotopic (exact) mass is 416 g/mol. The van der Waals surface area contributed by atoms with Crippen molar-refractivity contribution >= 4 is 34.3 Å². The van der Waals surface area contributed by atoms with Gasteiger partial charge in [-0.1, -0.05) is 0 Å². The van der Waals surface area contributed by atoms with Crippen molar-refractivity contribution in [3.63, 3.8) is 0 Å². The smallest absolute Gasteiger partial charge is 0.327 e. The molecule has 1 aromatic carbocycles. The lowest BCUT2D eigenvalue weighted by molar-refractivity contribution is -0.128. The summed E-state index contributed by atoms with van der Waals surface area (Å²) in [7, 11) is 3.11.